The van der Waals surface area contributed by atoms with Crippen molar-refractivity contribution in [2.75, 3.05) is 32.1 Å². The molecule has 0 heterocycles. The van der Waals surface area contributed by atoms with Gasteiger partial charge in [-0.2, -0.15) is 4.31 Å². The molecule has 0 unspecified atom stereocenters. The molecule has 0 saturated carbocycles. The van der Waals surface area contributed by atoms with Gasteiger partial charge in [-0.15, -0.1) is 0 Å². The highest BCUT2D eigenvalue weighted by molar-refractivity contribution is 7.89. The maximum atomic E-state index is 12.3. The van der Waals surface area contributed by atoms with E-state index in [0.29, 0.717) is 18.0 Å². The smallest absolute Gasteiger partial charge is 0.242 e. The number of hydrogen-bond donors (Lipinski definition) is 1. The first kappa shape index (κ1) is 16.9. The summed E-state index contributed by atoms with van der Waals surface area (Å²) in [5, 5.41) is 3.13. The van der Waals surface area contributed by atoms with Crippen molar-refractivity contribution >= 4 is 15.7 Å². The Kier molecular flexibility index (Phi) is 6.45. The van der Waals surface area contributed by atoms with Crippen LogP contribution in [-0.4, -0.2) is 45.6 Å². The lowest BCUT2D eigenvalue weighted by Crippen LogP contribution is -2.30. The quantitative estimate of drug-likeness (QED) is 0.799. The summed E-state index contributed by atoms with van der Waals surface area (Å²) in [5.41, 5.74) is 0.914. The van der Waals surface area contributed by atoms with Crippen molar-refractivity contribution in [3.05, 3.63) is 24.3 Å². The van der Waals surface area contributed by atoms with Crippen LogP contribution in [0.1, 0.15) is 20.8 Å². The van der Waals surface area contributed by atoms with E-state index < -0.39 is 10.0 Å². The Morgan fingerprint density at radius 1 is 1.25 bits per heavy atom. The monoisotopic (exact) mass is 300 g/mol. The van der Waals surface area contributed by atoms with Crippen LogP contribution in [0.3, 0.4) is 0 Å². The molecule has 0 fully saturated rings. The Balaban J connectivity index is 2.71. The van der Waals surface area contributed by atoms with E-state index in [0.717, 1.165) is 12.2 Å². The van der Waals surface area contributed by atoms with Crippen LogP contribution in [-0.2, 0) is 14.8 Å². The minimum atomic E-state index is -3.44. The van der Waals surface area contributed by atoms with Gasteiger partial charge in [-0.05, 0) is 45.0 Å². The predicted octanol–water partition coefficient (Wildman–Crippen LogP) is 2.16. The van der Waals surface area contributed by atoms with Gasteiger partial charge in [0.2, 0.25) is 10.0 Å². The number of nitrogens with zero attached hydrogens (tertiary/aromatic N) is 1. The Morgan fingerprint density at radius 3 is 2.35 bits per heavy atom. The number of likely N-dealkylation sites (N-methyl/N-ethyl adjacent to an activating group) is 1. The van der Waals surface area contributed by atoms with Gasteiger partial charge in [0, 0.05) is 25.8 Å². The summed E-state index contributed by atoms with van der Waals surface area (Å²) in [6.07, 6.45) is 0.102. The van der Waals surface area contributed by atoms with Crippen molar-refractivity contribution in [3.8, 4) is 0 Å². The van der Waals surface area contributed by atoms with Crippen LogP contribution >= 0.6 is 0 Å². The number of anilines is 1. The van der Waals surface area contributed by atoms with Gasteiger partial charge in [-0.3, -0.25) is 0 Å². The van der Waals surface area contributed by atoms with Crippen molar-refractivity contribution in [3.63, 3.8) is 0 Å². The van der Waals surface area contributed by atoms with Crippen LogP contribution in [0, 0.1) is 0 Å². The van der Waals surface area contributed by atoms with Crippen molar-refractivity contribution in [1.82, 2.24) is 4.31 Å². The summed E-state index contributed by atoms with van der Waals surface area (Å²) in [6, 6.07) is 6.78. The highest BCUT2D eigenvalue weighted by Crippen LogP contribution is 2.17. The highest BCUT2D eigenvalue weighted by Gasteiger charge is 2.20. The fourth-order valence-corrected chi connectivity index (χ4v) is 2.82. The molecule has 1 rings (SSSR count). The summed E-state index contributed by atoms with van der Waals surface area (Å²) in [6.45, 7) is 7.38. The average Bonchev–Trinajstić information content (AvgIpc) is 2.39. The summed E-state index contributed by atoms with van der Waals surface area (Å²) >= 11 is 0. The van der Waals surface area contributed by atoms with Gasteiger partial charge in [0.05, 0.1) is 17.6 Å². The van der Waals surface area contributed by atoms with Gasteiger partial charge in [0.15, 0.2) is 0 Å². The van der Waals surface area contributed by atoms with E-state index in [4.69, 9.17) is 4.74 Å². The maximum Gasteiger partial charge on any atom is 0.242 e. The number of sulfonamides is 1. The van der Waals surface area contributed by atoms with Crippen LogP contribution in [0.4, 0.5) is 5.69 Å². The molecule has 1 N–H and O–H groups in total. The predicted molar refractivity (Wildman–Crippen MR) is 81.5 cm³/mol. The second-order valence-electron chi connectivity index (χ2n) is 4.80. The summed E-state index contributed by atoms with van der Waals surface area (Å²) in [5.74, 6) is 0. The van der Waals surface area contributed by atoms with Crippen molar-refractivity contribution in [1.29, 1.82) is 0 Å². The van der Waals surface area contributed by atoms with Gasteiger partial charge in [0.25, 0.3) is 0 Å². The van der Waals surface area contributed by atoms with Crippen LogP contribution in [0.2, 0.25) is 0 Å². The second-order valence-corrected chi connectivity index (χ2v) is 6.85. The first-order valence-corrected chi connectivity index (χ1v) is 8.23. The van der Waals surface area contributed by atoms with Crippen molar-refractivity contribution in [2.45, 2.75) is 31.8 Å². The molecule has 0 amide bonds. The molecule has 0 spiro atoms. The molecule has 0 bridgehead atoms. The second kappa shape index (κ2) is 7.61. The minimum Gasteiger partial charge on any atom is -0.385 e. The minimum absolute atomic E-state index is 0.102. The molecule has 0 aromatic heterocycles. The lowest BCUT2D eigenvalue weighted by atomic mass is 10.3. The lowest BCUT2D eigenvalue weighted by molar-refractivity contribution is 0.0737. The third-order valence-corrected chi connectivity index (χ3v) is 4.67. The zero-order valence-corrected chi connectivity index (χ0v) is 13.4. The number of rotatable bonds is 8. The first-order chi connectivity index (χ1) is 9.37. The summed E-state index contributed by atoms with van der Waals surface area (Å²) in [4.78, 5) is 0.297. The largest absolute Gasteiger partial charge is 0.385 e. The molecule has 5 nitrogen and oxygen atoms in total. The topological polar surface area (TPSA) is 58.6 Å². The third kappa shape index (κ3) is 4.77. The van der Waals surface area contributed by atoms with Gasteiger partial charge >= 0.3 is 0 Å². The zero-order chi connectivity index (χ0) is 15.2. The first-order valence-electron chi connectivity index (χ1n) is 6.79. The van der Waals surface area contributed by atoms with Crippen molar-refractivity contribution < 1.29 is 13.2 Å². The van der Waals surface area contributed by atoms with E-state index >= 15 is 0 Å². The molecule has 0 radical (unpaired) electrons. The molecular formula is C14H24N2O3S. The van der Waals surface area contributed by atoms with Gasteiger partial charge in [0.1, 0.15) is 0 Å². The molecule has 0 atom stereocenters. The average molecular weight is 300 g/mol. The Labute approximate surface area is 122 Å². The molecule has 0 aliphatic heterocycles. The lowest BCUT2D eigenvalue weighted by Gasteiger charge is -2.18. The van der Waals surface area contributed by atoms with Crippen molar-refractivity contribution in [2.24, 2.45) is 0 Å². The molecule has 1 aromatic rings. The maximum absolute atomic E-state index is 12.3. The fraction of sp³-hybridized carbons (Fsp3) is 0.571. The molecule has 0 aliphatic carbocycles. The van der Waals surface area contributed by atoms with E-state index in [1.54, 1.807) is 31.3 Å². The molecule has 114 valence electrons. The SMILES string of the molecule is CCNc1ccc(S(=O)(=O)N(C)CCOC(C)C)cc1. The van der Waals surface area contributed by atoms with Crippen LogP contribution in [0.15, 0.2) is 29.2 Å². The number of benzene rings is 1. The van der Waals surface area contributed by atoms with E-state index in [1.807, 2.05) is 20.8 Å². The Bertz CT molecular complexity index is 498. The highest BCUT2D eigenvalue weighted by atomic mass is 32.2. The molecule has 0 aliphatic rings. The normalized spacial score (nSPS) is 12.1. The molecular weight excluding hydrogens is 276 g/mol. The van der Waals surface area contributed by atoms with E-state index in [2.05, 4.69) is 5.32 Å². The Hall–Kier alpha value is -1.11. The van der Waals surface area contributed by atoms with Gasteiger partial charge in [-0.25, -0.2) is 8.42 Å². The molecule has 1 aromatic carbocycles. The Morgan fingerprint density at radius 2 is 1.85 bits per heavy atom. The number of nitrogens with one attached hydrogen (secondary N) is 1. The zero-order valence-electron chi connectivity index (χ0n) is 12.6. The number of ether oxygens (including phenoxy) is 1. The van der Waals surface area contributed by atoms with E-state index in [-0.39, 0.29) is 6.10 Å². The standard InChI is InChI=1S/C14H24N2O3S/c1-5-15-13-6-8-14(9-7-13)20(17,18)16(4)10-11-19-12(2)3/h6-9,12,15H,5,10-11H2,1-4H3. The van der Waals surface area contributed by atoms with E-state index in [1.165, 1.54) is 4.31 Å². The number of hydrogen-bond acceptors (Lipinski definition) is 4. The van der Waals surface area contributed by atoms with Gasteiger partial charge in [-0.1, -0.05) is 0 Å². The van der Waals surface area contributed by atoms with Gasteiger partial charge < -0.3 is 10.1 Å². The van der Waals surface area contributed by atoms with Crippen LogP contribution < -0.4 is 5.32 Å². The molecule has 6 heteroatoms. The molecule has 20 heavy (non-hydrogen) atoms. The molecule has 0 saturated heterocycles. The van der Waals surface area contributed by atoms with Crippen LogP contribution in [0.5, 0.6) is 0 Å². The fourth-order valence-electron chi connectivity index (χ4n) is 1.67. The summed E-state index contributed by atoms with van der Waals surface area (Å²) < 4.78 is 31.3. The van der Waals surface area contributed by atoms with E-state index in [9.17, 15) is 8.42 Å². The third-order valence-electron chi connectivity index (χ3n) is 2.80. The van der Waals surface area contributed by atoms with Crippen LogP contribution in [0.25, 0.3) is 0 Å². The summed E-state index contributed by atoms with van der Waals surface area (Å²) in [7, 11) is -1.88.